The average molecular weight is 258 g/mol. The summed E-state index contributed by atoms with van der Waals surface area (Å²) in [5, 5.41) is 0.0968. The first-order chi connectivity index (χ1) is 6.29. The molecule has 78 valence electrons. The lowest BCUT2D eigenvalue weighted by Crippen LogP contribution is -2.07. The van der Waals surface area contributed by atoms with Crippen LogP contribution in [0.1, 0.15) is 0 Å². The molecule has 1 aromatic carbocycles. The van der Waals surface area contributed by atoms with Gasteiger partial charge >= 0.3 is 10.4 Å². The maximum atomic E-state index is 10.3. The van der Waals surface area contributed by atoms with Crippen LogP contribution in [0.2, 0.25) is 10.0 Å². The third kappa shape index (κ3) is 2.91. The molecule has 0 heterocycles. The highest BCUT2D eigenvalue weighted by atomic mass is 35.5. The number of benzene rings is 1. The third-order valence-electron chi connectivity index (χ3n) is 1.25. The van der Waals surface area contributed by atoms with E-state index in [0.29, 0.717) is 0 Å². The van der Waals surface area contributed by atoms with Crippen LogP contribution >= 0.6 is 23.2 Å². The molecule has 0 aromatic heterocycles. The summed E-state index contributed by atoms with van der Waals surface area (Å²) in [6.07, 6.45) is 0. The molecule has 0 saturated carbocycles. The maximum absolute atomic E-state index is 10.3. The van der Waals surface area contributed by atoms with Gasteiger partial charge in [0.2, 0.25) is 0 Å². The Balaban J connectivity index is 3.17. The van der Waals surface area contributed by atoms with Crippen molar-refractivity contribution in [1.29, 1.82) is 0 Å². The standard InChI is InChI=1S/C6H5Cl2NO4S/c7-3-1-4(8)6(2-5(3)9)13-14(10,11)12/h1-2H,9H2,(H,10,11,12). The van der Waals surface area contributed by atoms with Gasteiger partial charge in [0.05, 0.1) is 15.7 Å². The molecule has 8 heteroatoms. The van der Waals surface area contributed by atoms with Crippen LogP contribution in [0, 0.1) is 0 Å². The summed E-state index contributed by atoms with van der Waals surface area (Å²) in [6.45, 7) is 0. The van der Waals surface area contributed by atoms with E-state index in [1.54, 1.807) is 0 Å². The lowest BCUT2D eigenvalue weighted by atomic mass is 10.3. The van der Waals surface area contributed by atoms with Gasteiger partial charge < -0.3 is 9.92 Å². The molecule has 0 amide bonds. The van der Waals surface area contributed by atoms with Crippen molar-refractivity contribution in [2.24, 2.45) is 0 Å². The minimum Gasteiger partial charge on any atom is -0.397 e. The monoisotopic (exact) mass is 257 g/mol. The fourth-order valence-corrected chi connectivity index (χ4v) is 1.55. The number of nitrogen functional groups attached to an aromatic ring is 1. The Morgan fingerprint density at radius 1 is 1.29 bits per heavy atom. The molecule has 0 fully saturated rings. The zero-order valence-corrected chi connectivity index (χ0v) is 8.90. The van der Waals surface area contributed by atoms with Gasteiger partial charge in [-0.15, -0.1) is 0 Å². The second-order valence-corrected chi connectivity index (χ2v) is 4.15. The summed E-state index contributed by atoms with van der Waals surface area (Å²) in [5.74, 6) is -0.281. The second kappa shape index (κ2) is 3.82. The first-order valence-electron chi connectivity index (χ1n) is 3.21. The topological polar surface area (TPSA) is 89.6 Å². The molecule has 1 aromatic rings. The first-order valence-corrected chi connectivity index (χ1v) is 5.33. The zero-order chi connectivity index (χ0) is 10.9. The molecule has 0 unspecified atom stereocenters. The highest BCUT2D eigenvalue weighted by molar-refractivity contribution is 7.81. The second-order valence-electron chi connectivity index (χ2n) is 2.32. The van der Waals surface area contributed by atoms with Crippen molar-refractivity contribution < 1.29 is 17.2 Å². The molecule has 0 spiro atoms. The van der Waals surface area contributed by atoms with Crippen LogP contribution in [0.4, 0.5) is 5.69 Å². The Morgan fingerprint density at radius 3 is 2.36 bits per heavy atom. The van der Waals surface area contributed by atoms with E-state index in [4.69, 9.17) is 33.5 Å². The van der Waals surface area contributed by atoms with Crippen LogP contribution in [0.25, 0.3) is 0 Å². The van der Waals surface area contributed by atoms with Crippen molar-refractivity contribution in [1.82, 2.24) is 0 Å². The fourth-order valence-electron chi connectivity index (χ4n) is 0.722. The number of halogens is 2. The van der Waals surface area contributed by atoms with E-state index >= 15 is 0 Å². The highest BCUT2D eigenvalue weighted by Crippen LogP contribution is 2.33. The lowest BCUT2D eigenvalue weighted by molar-refractivity contribution is 0.387. The molecule has 3 N–H and O–H groups in total. The quantitative estimate of drug-likeness (QED) is 0.623. The summed E-state index contributed by atoms with van der Waals surface area (Å²) in [4.78, 5) is 0. The van der Waals surface area contributed by atoms with Crippen LogP contribution in [-0.2, 0) is 10.4 Å². The smallest absolute Gasteiger partial charge is 0.397 e. The first kappa shape index (κ1) is 11.4. The van der Waals surface area contributed by atoms with Crippen molar-refractivity contribution >= 4 is 39.3 Å². The molecule has 5 nitrogen and oxygen atoms in total. The van der Waals surface area contributed by atoms with Gasteiger partial charge in [-0.1, -0.05) is 23.2 Å². The number of hydrogen-bond donors (Lipinski definition) is 2. The lowest BCUT2D eigenvalue weighted by Gasteiger charge is -2.05. The average Bonchev–Trinajstić information content (AvgIpc) is 1.97. The van der Waals surface area contributed by atoms with Crippen molar-refractivity contribution in [3.05, 3.63) is 22.2 Å². The zero-order valence-electron chi connectivity index (χ0n) is 6.57. The van der Waals surface area contributed by atoms with E-state index < -0.39 is 10.4 Å². The van der Waals surface area contributed by atoms with E-state index in [1.165, 1.54) is 6.07 Å². The molecular weight excluding hydrogens is 253 g/mol. The Hall–Kier alpha value is -0.690. The van der Waals surface area contributed by atoms with Gasteiger partial charge in [0.15, 0.2) is 5.75 Å². The summed E-state index contributed by atoms with van der Waals surface area (Å²) in [7, 11) is -4.61. The van der Waals surface area contributed by atoms with Crippen molar-refractivity contribution in [3.63, 3.8) is 0 Å². The van der Waals surface area contributed by atoms with E-state index in [1.807, 2.05) is 0 Å². The largest absolute Gasteiger partial charge is 0.446 e. The number of nitrogens with two attached hydrogens (primary N) is 1. The van der Waals surface area contributed by atoms with Crippen molar-refractivity contribution in [3.8, 4) is 5.75 Å². The van der Waals surface area contributed by atoms with Crippen LogP contribution in [0.15, 0.2) is 12.1 Å². The number of anilines is 1. The van der Waals surface area contributed by atoms with E-state index in [2.05, 4.69) is 4.18 Å². The molecule has 14 heavy (non-hydrogen) atoms. The summed E-state index contributed by atoms with van der Waals surface area (Å²) < 4.78 is 33.2. The van der Waals surface area contributed by atoms with Crippen molar-refractivity contribution in [2.75, 3.05) is 5.73 Å². The molecule has 1 rings (SSSR count). The predicted octanol–water partition coefficient (Wildman–Crippen LogP) is 1.76. The van der Waals surface area contributed by atoms with Crippen LogP contribution in [0.3, 0.4) is 0 Å². The third-order valence-corrected chi connectivity index (χ3v) is 2.26. The van der Waals surface area contributed by atoms with Gasteiger partial charge in [-0.05, 0) is 6.07 Å². The molecule has 0 atom stereocenters. The normalized spacial score (nSPS) is 11.4. The van der Waals surface area contributed by atoms with Gasteiger partial charge in [-0.2, -0.15) is 8.42 Å². The van der Waals surface area contributed by atoms with E-state index in [0.717, 1.165) is 6.07 Å². The molecule has 0 bridgehead atoms. The Kier molecular flexibility index (Phi) is 3.10. The van der Waals surface area contributed by atoms with E-state index in [9.17, 15) is 8.42 Å². The SMILES string of the molecule is Nc1cc(OS(=O)(=O)O)c(Cl)cc1Cl. The maximum Gasteiger partial charge on any atom is 0.446 e. The van der Waals surface area contributed by atoms with Gasteiger partial charge in [-0.3, -0.25) is 4.55 Å². The predicted molar refractivity (Wildman–Crippen MR) is 53.1 cm³/mol. The molecule has 0 saturated heterocycles. The highest BCUT2D eigenvalue weighted by Gasteiger charge is 2.12. The van der Waals surface area contributed by atoms with Crippen molar-refractivity contribution in [2.45, 2.75) is 0 Å². The Labute approximate surface area is 90.3 Å². The van der Waals surface area contributed by atoms with Gasteiger partial charge in [0.25, 0.3) is 0 Å². The summed E-state index contributed by atoms with van der Waals surface area (Å²) >= 11 is 11.1. The number of rotatable bonds is 2. The fraction of sp³-hybridized carbons (Fsp3) is 0. The van der Waals surface area contributed by atoms with Crippen LogP contribution < -0.4 is 9.92 Å². The molecule has 0 aliphatic rings. The minimum absolute atomic E-state index is 0.0678. The van der Waals surface area contributed by atoms with Gasteiger partial charge in [0, 0.05) is 6.07 Å². The molecule has 0 aliphatic heterocycles. The summed E-state index contributed by atoms with van der Waals surface area (Å²) in [6, 6.07) is 2.30. The van der Waals surface area contributed by atoms with E-state index in [-0.39, 0.29) is 21.5 Å². The Bertz CT molecular complexity index is 459. The Morgan fingerprint density at radius 2 is 1.86 bits per heavy atom. The molecular formula is C6H5Cl2NO4S. The van der Waals surface area contributed by atoms with Gasteiger partial charge in [-0.25, -0.2) is 0 Å². The van der Waals surface area contributed by atoms with Crippen LogP contribution in [0.5, 0.6) is 5.75 Å². The minimum atomic E-state index is -4.61. The molecule has 0 aliphatic carbocycles. The number of hydrogen-bond acceptors (Lipinski definition) is 4. The van der Waals surface area contributed by atoms with Crippen LogP contribution in [-0.4, -0.2) is 13.0 Å². The van der Waals surface area contributed by atoms with Gasteiger partial charge in [0.1, 0.15) is 0 Å². The summed E-state index contributed by atoms with van der Waals surface area (Å²) in [5.41, 5.74) is 5.45. The molecule has 0 radical (unpaired) electrons.